The van der Waals surface area contributed by atoms with Crippen molar-refractivity contribution >= 4 is 16.7 Å². The number of carboxylic acids is 1. The van der Waals surface area contributed by atoms with Crippen LogP contribution in [0.2, 0.25) is 0 Å². The number of benzene rings is 3. The Morgan fingerprint density at radius 2 is 1.72 bits per heavy atom. The van der Waals surface area contributed by atoms with Crippen molar-refractivity contribution in [2.75, 3.05) is 0 Å². The first-order valence-electron chi connectivity index (χ1n) is 8.02. The van der Waals surface area contributed by atoms with E-state index in [1.54, 1.807) is 10.7 Å². The minimum atomic E-state index is -1.03. The zero-order valence-electron chi connectivity index (χ0n) is 13.7. The molecule has 4 rings (SSSR count). The van der Waals surface area contributed by atoms with Gasteiger partial charge in [0.15, 0.2) is 5.69 Å². The summed E-state index contributed by atoms with van der Waals surface area (Å²) in [5.74, 6) is -1.03. The molecule has 0 spiro atoms. The molecular weight excluding hydrogens is 312 g/mol. The summed E-state index contributed by atoms with van der Waals surface area (Å²) < 4.78 is 1.71. The van der Waals surface area contributed by atoms with E-state index in [-0.39, 0.29) is 5.69 Å². The Labute approximate surface area is 145 Å². The average Bonchev–Trinajstić information content (AvgIpc) is 3.07. The lowest BCUT2D eigenvalue weighted by Crippen LogP contribution is -2.02. The highest BCUT2D eigenvalue weighted by Gasteiger charge is 2.17. The molecule has 25 heavy (non-hydrogen) atoms. The number of carboxylic acid groups (broad SMARTS) is 1. The molecule has 0 saturated carbocycles. The van der Waals surface area contributed by atoms with Crippen LogP contribution in [0.5, 0.6) is 0 Å². The van der Waals surface area contributed by atoms with Crippen LogP contribution in [0.3, 0.4) is 0 Å². The minimum Gasteiger partial charge on any atom is -0.476 e. The van der Waals surface area contributed by atoms with Crippen LogP contribution in [0.1, 0.15) is 16.1 Å². The minimum absolute atomic E-state index is 0.0319. The van der Waals surface area contributed by atoms with Crippen molar-refractivity contribution in [3.63, 3.8) is 0 Å². The summed E-state index contributed by atoms with van der Waals surface area (Å²) in [5, 5.41) is 15.9. The van der Waals surface area contributed by atoms with Gasteiger partial charge in [-0.3, -0.25) is 0 Å². The molecule has 0 bridgehead atoms. The maximum absolute atomic E-state index is 11.5. The number of aromatic carboxylic acids is 1. The molecule has 0 fully saturated rings. The fourth-order valence-electron chi connectivity index (χ4n) is 3.08. The largest absolute Gasteiger partial charge is 0.476 e. The van der Waals surface area contributed by atoms with E-state index in [9.17, 15) is 9.90 Å². The summed E-state index contributed by atoms with van der Waals surface area (Å²) in [6.07, 6.45) is 0. The Balaban J connectivity index is 2.02. The third-order valence-corrected chi connectivity index (χ3v) is 4.24. The lowest BCUT2D eigenvalue weighted by molar-refractivity contribution is 0.0690. The molecular formula is C21H16N2O2. The number of aryl methyl sites for hydroxylation is 1. The van der Waals surface area contributed by atoms with E-state index in [1.807, 2.05) is 73.7 Å². The molecule has 0 aliphatic heterocycles. The summed E-state index contributed by atoms with van der Waals surface area (Å²) in [7, 11) is 0. The summed E-state index contributed by atoms with van der Waals surface area (Å²) in [6, 6.07) is 23.6. The third-order valence-electron chi connectivity index (χ3n) is 4.24. The predicted octanol–water partition coefficient (Wildman–Crippen LogP) is 4.70. The molecule has 4 nitrogen and oxygen atoms in total. The van der Waals surface area contributed by atoms with E-state index < -0.39 is 5.97 Å². The topological polar surface area (TPSA) is 55.1 Å². The molecule has 4 heteroatoms. The normalized spacial score (nSPS) is 10.9. The van der Waals surface area contributed by atoms with Gasteiger partial charge < -0.3 is 5.11 Å². The molecule has 4 aromatic rings. The van der Waals surface area contributed by atoms with Crippen molar-refractivity contribution in [1.82, 2.24) is 9.78 Å². The Morgan fingerprint density at radius 1 is 0.960 bits per heavy atom. The number of hydrogen-bond acceptors (Lipinski definition) is 2. The molecule has 0 radical (unpaired) electrons. The molecule has 0 aliphatic carbocycles. The second-order valence-electron chi connectivity index (χ2n) is 6.00. The van der Waals surface area contributed by atoms with Gasteiger partial charge in [0.2, 0.25) is 0 Å². The van der Waals surface area contributed by atoms with E-state index in [4.69, 9.17) is 0 Å². The number of fused-ring (bicyclic) bond motifs is 1. The summed E-state index contributed by atoms with van der Waals surface area (Å²) in [5.41, 5.74) is 3.69. The van der Waals surface area contributed by atoms with Crippen molar-refractivity contribution < 1.29 is 9.90 Å². The number of aromatic nitrogens is 2. The molecule has 1 N–H and O–H groups in total. The second kappa shape index (κ2) is 5.91. The lowest BCUT2D eigenvalue weighted by Gasteiger charge is -2.10. The summed E-state index contributed by atoms with van der Waals surface area (Å²) in [4.78, 5) is 11.5. The SMILES string of the molecule is Cc1cccc(-n2nc(C(=O)O)cc2-c2cccc3ccccc23)c1. The van der Waals surface area contributed by atoms with Gasteiger partial charge in [-0.2, -0.15) is 5.10 Å². The number of rotatable bonds is 3. The van der Waals surface area contributed by atoms with Crippen LogP contribution in [-0.4, -0.2) is 20.9 Å². The maximum atomic E-state index is 11.5. The first kappa shape index (κ1) is 15.1. The first-order chi connectivity index (χ1) is 12.1. The Morgan fingerprint density at radius 3 is 2.52 bits per heavy atom. The Kier molecular flexibility index (Phi) is 3.58. The van der Waals surface area contributed by atoms with Gasteiger partial charge in [0.05, 0.1) is 11.4 Å². The van der Waals surface area contributed by atoms with Crippen LogP contribution in [0, 0.1) is 6.92 Å². The van der Waals surface area contributed by atoms with E-state index in [2.05, 4.69) is 5.10 Å². The predicted molar refractivity (Wildman–Crippen MR) is 98.2 cm³/mol. The average molecular weight is 328 g/mol. The van der Waals surface area contributed by atoms with Gasteiger partial charge in [-0.1, -0.05) is 54.6 Å². The highest BCUT2D eigenvalue weighted by Crippen LogP contribution is 2.31. The van der Waals surface area contributed by atoms with Crippen LogP contribution in [0.15, 0.2) is 72.8 Å². The van der Waals surface area contributed by atoms with Gasteiger partial charge in [-0.15, -0.1) is 0 Å². The molecule has 1 heterocycles. The zero-order valence-corrected chi connectivity index (χ0v) is 13.7. The fourth-order valence-corrected chi connectivity index (χ4v) is 3.08. The van der Waals surface area contributed by atoms with Gasteiger partial charge in [0.25, 0.3) is 0 Å². The Bertz CT molecular complexity index is 1090. The fraction of sp³-hybridized carbons (Fsp3) is 0.0476. The highest BCUT2D eigenvalue weighted by atomic mass is 16.4. The molecule has 0 saturated heterocycles. The lowest BCUT2D eigenvalue weighted by atomic mass is 10.0. The van der Waals surface area contributed by atoms with Gasteiger partial charge in [0, 0.05) is 5.56 Å². The molecule has 0 aliphatic rings. The quantitative estimate of drug-likeness (QED) is 0.593. The summed E-state index contributed by atoms with van der Waals surface area (Å²) in [6.45, 7) is 2.00. The Hall–Kier alpha value is -3.40. The van der Waals surface area contributed by atoms with Crippen LogP contribution in [-0.2, 0) is 0 Å². The van der Waals surface area contributed by atoms with Crippen LogP contribution >= 0.6 is 0 Å². The van der Waals surface area contributed by atoms with Gasteiger partial charge in [-0.05, 0) is 41.5 Å². The standard InChI is InChI=1S/C21H16N2O2/c1-14-6-4-9-16(12-14)23-20(13-19(22-23)21(24)25)18-11-5-8-15-7-2-3-10-17(15)18/h2-13H,1H3,(H,24,25). The van der Waals surface area contributed by atoms with Crippen molar-refractivity contribution in [3.05, 3.63) is 84.1 Å². The van der Waals surface area contributed by atoms with E-state index in [0.29, 0.717) is 0 Å². The van der Waals surface area contributed by atoms with Crippen molar-refractivity contribution in [2.45, 2.75) is 6.92 Å². The second-order valence-corrected chi connectivity index (χ2v) is 6.00. The van der Waals surface area contributed by atoms with E-state index in [0.717, 1.165) is 33.3 Å². The van der Waals surface area contributed by atoms with Crippen LogP contribution in [0.4, 0.5) is 0 Å². The zero-order chi connectivity index (χ0) is 17.4. The number of carbonyl (C=O) groups is 1. The molecule has 0 atom stereocenters. The number of nitrogens with zero attached hydrogens (tertiary/aromatic N) is 2. The summed E-state index contributed by atoms with van der Waals surface area (Å²) >= 11 is 0. The molecule has 1 aromatic heterocycles. The third kappa shape index (κ3) is 2.68. The molecule has 122 valence electrons. The van der Waals surface area contributed by atoms with Crippen molar-refractivity contribution in [1.29, 1.82) is 0 Å². The number of hydrogen-bond donors (Lipinski definition) is 1. The molecule has 0 unspecified atom stereocenters. The van der Waals surface area contributed by atoms with Gasteiger partial charge in [0.1, 0.15) is 0 Å². The van der Waals surface area contributed by atoms with Crippen molar-refractivity contribution in [3.8, 4) is 16.9 Å². The van der Waals surface area contributed by atoms with E-state index >= 15 is 0 Å². The smallest absolute Gasteiger partial charge is 0.356 e. The highest BCUT2D eigenvalue weighted by molar-refractivity contribution is 5.97. The van der Waals surface area contributed by atoms with Crippen LogP contribution < -0.4 is 0 Å². The molecule has 0 amide bonds. The van der Waals surface area contributed by atoms with Crippen molar-refractivity contribution in [2.24, 2.45) is 0 Å². The van der Waals surface area contributed by atoms with Gasteiger partial charge >= 0.3 is 5.97 Å². The van der Waals surface area contributed by atoms with Crippen LogP contribution in [0.25, 0.3) is 27.7 Å². The van der Waals surface area contributed by atoms with E-state index in [1.165, 1.54) is 0 Å². The monoisotopic (exact) mass is 328 g/mol. The van der Waals surface area contributed by atoms with Gasteiger partial charge in [-0.25, -0.2) is 9.48 Å². The molecule has 3 aromatic carbocycles. The maximum Gasteiger partial charge on any atom is 0.356 e. The first-order valence-corrected chi connectivity index (χ1v) is 8.02.